The van der Waals surface area contributed by atoms with E-state index in [4.69, 9.17) is 0 Å². The third-order valence-electron chi connectivity index (χ3n) is 2.45. The zero-order valence-corrected chi connectivity index (χ0v) is 9.43. The first-order valence-corrected chi connectivity index (χ1v) is 5.89. The number of amides is 1. The van der Waals surface area contributed by atoms with Gasteiger partial charge in [-0.1, -0.05) is 0 Å². The van der Waals surface area contributed by atoms with E-state index >= 15 is 0 Å². The van der Waals surface area contributed by atoms with Crippen LogP contribution in [0.1, 0.15) is 20.8 Å². The Labute approximate surface area is 84.3 Å². The summed E-state index contributed by atoms with van der Waals surface area (Å²) in [4.78, 5) is 10.2. The largest absolute Gasteiger partial charge is 0.529 e. The van der Waals surface area contributed by atoms with Crippen LogP contribution in [0.3, 0.4) is 0 Å². The molecule has 0 bridgehead atoms. The summed E-state index contributed by atoms with van der Waals surface area (Å²) in [5.74, 6) is 0. The van der Waals surface area contributed by atoms with Crippen LogP contribution in [0.15, 0.2) is 0 Å². The summed E-state index contributed by atoms with van der Waals surface area (Å²) in [7, 11) is -3.91. The van der Waals surface area contributed by atoms with Crippen molar-refractivity contribution in [2.24, 2.45) is 0 Å². The molecule has 0 atom stereocenters. The van der Waals surface area contributed by atoms with Crippen molar-refractivity contribution in [3.63, 3.8) is 0 Å². The van der Waals surface area contributed by atoms with Crippen molar-refractivity contribution in [1.29, 1.82) is 0 Å². The molecule has 7 heteroatoms. The van der Waals surface area contributed by atoms with Gasteiger partial charge in [-0.15, -0.1) is 0 Å². The van der Waals surface area contributed by atoms with Crippen LogP contribution in [0, 0.1) is 0 Å². The first-order chi connectivity index (χ1) is 6.35. The third-order valence-corrected chi connectivity index (χ3v) is 4.67. The van der Waals surface area contributed by atoms with E-state index < -0.39 is 16.3 Å². The maximum Gasteiger partial charge on any atom is 0.395 e. The number of carboxylic acid groups (broad SMARTS) is 1. The van der Waals surface area contributed by atoms with Crippen LogP contribution < -0.4 is 9.83 Å². The van der Waals surface area contributed by atoms with Gasteiger partial charge < -0.3 is 9.90 Å². The molecule has 0 rings (SSSR count). The third kappa shape index (κ3) is 2.36. The number of rotatable bonds is 5. The summed E-state index contributed by atoms with van der Waals surface area (Å²) in [6.45, 7) is 6.03. The molecule has 84 valence electrons. The average molecular weight is 224 g/mol. The predicted octanol–water partition coefficient (Wildman–Crippen LogP) is -0.959. The monoisotopic (exact) mass is 224 g/mol. The summed E-state index contributed by atoms with van der Waals surface area (Å²) in [5.41, 5.74) is 0. The zero-order chi connectivity index (χ0) is 11.4. The molecule has 0 aliphatic carbocycles. The normalized spacial score (nSPS) is 12.5. The molecule has 0 aromatic heterocycles. The van der Waals surface area contributed by atoms with Crippen molar-refractivity contribution >= 4 is 16.3 Å². The van der Waals surface area contributed by atoms with Gasteiger partial charge >= 0.3 is 10.2 Å². The quantitative estimate of drug-likeness (QED) is 0.609. The van der Waals surface area contributed by atoms with Gasteiger partial charge in [0.25, 0.3) is 0 Å². The molecule has 1 N–H and O–H groups in total. The molecule has 0 aliphatic rings. The fourth-order valence-electron chi connectivity index (χ4n) is 1.38. The SMILES string of the molecule is CC[N+](CC)(CC)S(=O)(=O)NC(=O)[O-]. The van der Waals surface area contributed by atoms with Gasteiger partial charge in [0.15, 0.2) is 6.09 Å². The fourth-order valence-corrected chi connectivity index (χ4v) is 2.81. The zero-order valence-electron chi connectivity index (χ0n) is 8.61. The predicted molar refractivity (Wildman–Crippen MR) is 49.3 cm³/mol. The van der Waals surface area contributed by atoms with Gasteiger partial charge in [0, 0.05) is 0 Å². The van der Waals surface area contributed by atoms with Crippen LogP contribution in [0.2, 0.25) is 0 Å². The van der Waals surface area contributed by atoms with E-state index in [1.165, 1.54) is 4.72 Å². The summed E-state index contributed by atoms with van der Waals surface area (Å²) < 4.78 is 24.4. The molecule has 1 amide bonds. The molecule has 0 radical (unpaired) electrons. The van der Waals surface area contributed by atoms with E-state index in [2.05, 4.69) is 0 Å². The lowest BCUT2D eigenvalue weighted by atomic mass is 10.5. The highest BCUT2D eigenvalue weighted by Crippen LogP contribution is 2.12. The topological polar surface area (TPSA) is 86.3 Å². The second-order valence-electron chi connectivity index (χ2n) is 2.87. The Morgan fingerprint density at radius 1 is 1.21 bits per heavy atom. The first-order valence-electron chi connectivity index (χ1n) is 4.45. The standard InChI is InChI=1S/C7H16N2O4S/c1-4-9(5-2,6-3)14(12,13)8-7(10)11/h8H,4-6H2,1-3H3. The molecule has 0 saturated carbocycles. The first kappa shape index (κ1) is 13.2. The van der Waals surface area contributed by atoms with E-state index in [9.17, 15) is 18.3 Å². The van der Waals surface area contributed by atoms with Gasteiger partial charge in [0.1, 0.15) is 0 Å². The molecular weight excluding hydrogens is 208 g/mol. The summed E-state index contributed by atoms with van der Waals surface area (Å²) in [6.07, 6.45) is -1.79. The van der Waals surface area contributed by atoms with Crippen molar-refractivity contribution in [2.45, 2.75) is 20.8 Å². The van der Waals surface area contributed by atoms with Gasteiger partial charge in [-0.3, -0.25) is 0 Å². The highest BCUT2D eigenvalue weighted by molar-refractivity contribution is 7.84. The van der Waals surface area contributed by atoms with Crippen LogP contribution in [-0.2, 0) is 10.2 Å². The number of quaternary nitrogens is 1. The van der Waals surface area contributed by atoms with Gasteiger partial charge in [-0.05, 0) is 20.8 Å². The molecule has 0 aliphatic heterocycles. The number of hydrogen-bond acceptors (Lipinski definition) is 4. The minimum Gasteiger partial charge on any atom is -0.529 e. The average Bonchev–Trinajstić information content (AvgIpc) is 2.05. The highest BCUT2D eigenvalue weighted by atomic mass is 32.2. The Bertz CT molecular complexity index is 287. The van der Waals surface area contributed by atoms with Crippen LogP contribution in [0.5, 0.6) is 0 Å². The minimum absolute atomic E-state index is 0.305. The summed E-state index contributed by atoms with van der Waals surface area (Å²) in [6, 6.07) is 0. The highest BCUT2D eigenvalue weighted by Gasteiger charge is 2.37. The summed E-state index contributed by atoms with van der Waals surface area (Å²) >= 11 is 0. The number of carbonyl (C=O) groups excluding carboxylic acids is 1. The molecule has 0 fully saturated rings. The van der Waals surface area contributed by atoms with E-state index in [0.29, 0.717) is 19.6 Å². The lowest BCUT2D eigenvalue weighted by Crippen LogP contribution is -2.59. The minimum atomic E-state index is -3.91. The van der Waals surface area contributed by atoms with Crippen molar-refractivity contribution in [2.75, 3.05) is 19.6 Å². The molecular formula is C7H16N2O4S. The molecule has 0 saturated heterocycles. The Morgan fingerprint density at radius 3 is 1.79 bits per heavy atom. The van der Waals surface area contributed by atoms with Crippen LogP contribution in [0.25, 0.3) is 0 Å². The molecule has 0 heterocycles. The Hall–Kier alpha value is -0.820. The Morgan fingerprint density at radius 2 is 1.57 bits per heavy atom. The molecule has 0 unspecified atom stereocenters. The number of nitrogens with zero attached hydrogens (tertiary/aromatic N) is 1. The van der Waals surface area contributed by atoms with Crippen LogP contribution >= 0.6 is 0 Å². The van der Waals surface area contributed by atoms with Crippen molar-refractivity contribution < 1.29 is 22.2 Å². The van der Waals surface area contributed by atoms with Gasteiger partial charge in [-0.2, -0.15) is 8.42 Å². The smallest absolute Gasteiger partial charge is 0.395 e. The second kappa shape index (κ2) is 4.61. The number of carbonyl (C=O) groups is 1. The lowest BCUT2D eigenvalue weighted by Gasteiger charge is -2.33. The van der Waals surface area contributed by atoms with Gasteiger partial charge in [-0.25, -0.2) is 8.61 Å². The van der Waals surface area contributed by atoms with Crippen LogP contribution in [-0.4, -0.2) is 38.0 Å². The van der Waals surface area contributed by atoms with E-state index in [1.807, 2.05) is 0 Å². The van der Waals surface area contributed by atoms with Gasteiger partial charge in [0.2, 0.25) is 0 Å². The molecule has 0 aromatic carbocycles. The fraction of sp³-hybridized carbons (Fsp3) is 0.857. The molecule has 14 heavy (non-hydrogen) atoms. The van der Waals surface area contributed by atoms with Crippen molar-refractivity contribution in [1.82, 2.24) is 4.72 Å². The molecule has 0 aromatic rings. The van der Waals surface area contributed by atoms with Crippen molar-refractivity contribution in [3.8, 4) is 0 Å². The van der Waals surface area contributed by atoms with Crippen LogP contribution in [0.4, 0.5) is 4.79 Å². The molecule has 6 nitrogen and oxygen atoms in total. The molecule has 0 spiro atoms. The maximum atomic E-state index is 11.6. The van der Waals surface area contributed by atoms with E-state index in [1.54, 1.807) is 20.8 Å². The van der Waals surface area contributed by atoms with Gasteiger partial charge in [0.05, 0.1) is 19.6 Å². The summed E-state index contributed by atoms with van der Waals surface area (Å²) in [5, 5.41) is 10.2. The lowest BCUT2D eigenvalue weighted by molar-refractivity contribution is -0.801. The Kier molecular flexibility index (Phi) is 4.34. The Balaban J connectivity index is 5.10. The second-order valence-corrected chi connectivity index (χ2v) is 4.80. The van der Waals surface area contributed by atoms with E-state index in [-0.39, 0.29) is 3.89 Å². The number of hydrogen-bond donors (Lipinski definition) is 1. The number of nitrogens with one attached hydrogen (secondary N) is 1. The maximum absolute atomic E-state index is 11.6. The van der Waals surface area contributed by atoms with Crippen molar-refractivity contribution in [3.05, 3.63) is 0 Å². The van der Waals surface area contributed by atoms with E-state index in [0.717, 1.165) is 0 Å².